The minimum atomic E-state index is 0.348. The molecule has 7 heteroatoms. The zero-order valence-corrected chi connectivity index (χ0v) is 13.6. The summed E-state index contributed by atoms with van der Waals surface area (Å²) < 4.78 is 5.51. The summed E-state index contributed by atoms with van der Waals surface area (Å²) in [6.07, 6.45) is 4.04. The van der Waals surface area contributed by atoms with E-state index in [2.05, 4.69) is 45.7 Å². The summed E-state index contributed by atoms with van der Waals surface area (Å²) in [6.45, 7) is 7.58. The number of ether oxygens (including phenoxy) is 1. The van der Waals surface area contributed by atoms with E-state index < -0.39 is 0 Å². The lowest BCUT2D eigenvalue weighted by Crippen LogP contribution is -2.23. The number of nitrogens with one attached hydrogen (secondary N) is 2. The molecule has 2 N–H and O–H groups in total. The predicted octanol–water partition coefficient (Wildman–Crippen LogP) is 2.65. The molecule has 0 spiro atoms. The van der Waals surface area contributed by atoms with Crippen molar-refractivity contribution in [3.8, 4) is 6.01 Å². The molecule has 0 radical (unpaired) electrons. The van der Waals surface area contributed by atoms with Crippen LogP contribution in [0.15, 0.2) is 0 Å². The van der Waals surface area contributed by atoms with Crippen LogP contribution in [-0.2, 0) is 0 Å². The van der Waals surface area contributed by atoms with Gasteiger partial charge in [-0.1, -0.05) is 13.8 Å². The van der Waals surface area contributed by atoms with Gasteiger partial charge in [0.05, 0.1) is 6.61 Å². The van der Waals surface area contributed by atoms with Crippen LogP contribution in [0.25, 0.3) is 0 Å². The number of aromatic nitrogens is 3. The second-order valence-electron chi connectivity index (χ2n) is 4.35. The number of thioether (sulfide) groups is 1. The Labute approximate surface area is 125 Å². The molecule has 0 aliphatic rings. The molecule has 1 rings (SSSR count). The molecule has 6 nitrogen and oxygen atoms in total. The van der Waals surface area contributed by atoms with E-state index in [0.717, 1.165) is 25.1 Å². The van der Waals surface area contributed by atoms with Crippen molar-refractivity contribution in [1.82, 2.24) is 15.0 Å². The monoisotopic (exact) mass is 299 g/mol. The average Bonchev–Trinajstić information content (AvgIpc) is 2.45. The molecule has 0 aliphatic carbocycles. The highest BCUT2D eigenvalue weighted by atomic mass is 32.2. The van der Waals surface area contributed by atoms with E-state index in [1.165, 1.54) is 0 Å². The van der Waals surface area contributed by atoms with Crippen molar-refractivity contribution in [1.29, 1.82) is 0 Å². The molecule has 1 atom stereocenters. The third-order valence-electron chi connectivity index (χ3n) is 2.58. The lowest BCUT2D eigenvalue weighted by atomic mass is 10.3. The molecule has 1 aromatic rings. The smallest absolute Gasteiger partial charge is 0.323 e. The quantitative estimate of drug-likeness (QED) is 0.688. The summed E-state index contributed by atoms with van der Waals surface area (Å²) >= 11 is 1.81. The summed E-state index contributed by atoms with van der Waals surface area (Å²) in [4.78, 5) is 12.9. The highest BCUT2D eigenvalue weighted by Crippen LogP contribution is 2.14. The zero-order chi connectivity index (χ0) is 14.8. The van der Waals surface area contributed by atoms with Crippen LogP contribution in [0.1, 0.15) is 33.6 Å². The van der Waals surface area contributed by atoms with E-state index >= 15 is 0 Å². The van der Waals surface area contributed by atoms with Gasteiger partial charge in [0.2, 0.25) is 11.9 Å². The molecule has 0 amide bonds. The SMILES string of the molecule is CCCOc1nc(NCC)nc(NC(CC)CSC)n1. The fourth-order valence-corrected chi connectivity index (χ4v) is 2.28. The third kappa shape index (κ3) is 5.81. The standard InChI is InChI=1S/C13H25N5OS/c1-5-8-19-13-17-11(14-7-3)16-12(18-13)15-10(6-2)9-20-4/h10H,5-9H2,1-4H3,(H2,14,15,16,17,18). The van der Waals surface area contributed by atoms with Gasteiger partial charge in [-0.2, -0.15) is 26.7 Å². The lowest BCUT2D eigenvalue weighted by Gasteiger charge is -2.16. The Morgan fingerprint density at radius 1 is 1.15 bits per heavy atom. The third-order valence-corrected chi connectivity index (χ3v) is 3.31. The molecule has 114 valence electrons. The minimum Gasteiger partial charge on any atom is -0.463 e. The van der Waals surface area contributed by atoms with Crippen LogP contribution in [-0.4, -0.2) is 46.2 Å². The number of nitrogens with zero attached hydrogens (tertiary/aromatic N) is 3. The van der Waals surface area contributed by atoms with Crippen molar-refractivity contribution in [2.24, 2.45) is 0 Å². The molecule has 0 fully saturated rings. The minimum absolute atomic E-state index is 0.348. The van der Waals surface area contributed by atoms with Gasteiger partial charge < -0.3 is 15.4 Å². The molecular weight excluding hydrogens is 274 g/mol. The van der Waals surface area contributed by atoms with E-state index in [1.54, 1.807) is 11.8 Å². The van der Waals surface area contributed by atoms with Crippen molar-refractivity contribution < 1.29 is 4.74 Å². The van der Waals surface area contributed by atoms with Crippen LogP contribution in [0.4, 0.5) is 11.9 Å². The summed E-state index contributed by atoms with van der Waals surface area (Å²) in [5, 5.41) is 6.44. The van der Waals surface area contributed by atoms with Crippen LogP contribution >= 0.6 is 11.8 Å². The first-order valence-corrected chi connectivity index (χ1v) is 8.51. The molecule has 0 saturated carbocycles. The fourth-order valence-electron chi connectivity index (χ4n) is 1.56. The molecular formula is C13H25N5OS. The summed E-state index contributed by atoms with van der Waals surface area (Å²) in [6, 6.07) is 0.722. The Kier molecular flexibility index (Phi) is 8.10. The van der Waals surface area contributed by atoms with Gasteiger partial charge in [0.1, 0.15) is 0 Å². The van der Waals surface area contributed by atoms with Crippen LogP contribution < -0.4 is 15.4 Å². The average molecular weight is 299 g/mol. The van der Waals surface area contributed by atoms with Gasteiger partial charge in [-0.15, -0.1) is 0 Å². The van der Waals surface area contributed by atoms with E-state index in [1.807, 2.05) is 6.92 Å². The van der Waals surface area contributed by atoms with Crippen LogP contribution in [0.5, 0.6) is 6.01 Å². The molecule has 1 unspecified atom stereocenters. The first-order chi connectivity index (χ1) is 9.73. The number of anilines is 2. The molecule has 1 heterocycles. The highest BCUT2D eigenvalue weighted by Gasteiger charge is 2.11. The second-order valence-corrected chi connectivity index (χ2v) is 5.26. The fraction of sp³-hybridized carbons (Fsp3) is 0.769. The van der Waals surface area contributed by atoms with E-state index in [-0.39, 0.29) is 0 Å². The van der Waals surface area contributed by atoms with Crippen LogP contribution in [0.3, 0.4) is 0 Å². The summed E-state index contributed by atoms with van der Waals surface area (Å²) in [5.41, 5.74) is 0. The Morgan fingerprint density at radius 2 is 1.90 bits per heavy atom. The first kappa shape index (κ1) is 16.8. The molecule has 1 aromatic heterocycles. The van der Waals surface area contributed by atoms with Crippen molar-refractivity contribution in [2.75, 3.05) is 35.8 Å². The van der Waals surface area contributed by atoms with Crippen LogP contribution in [0, 0.1) is 0 Å². The summed E-state index contributed by atoms with van der Waals surface area (Å²) in [7, 11) is 0. The van der Waals surface area contributed by atoms with Gasteiger partial charge >= 0.3 is 6.01 Å². The molecule has 0 aliphatic heterocycles. The Morgan fingerprint density at radius 3 is 2.50 bits per heavy atom. The summed E-state index contributed by atoms with van der Waals surface area (Å²) in [5.74, 6) is 2.14. The van der Waals surface area contributed by atoms with E-state index in [4.69, 9.17) is 4.74 Å². The zero-order valence-electron chi connectivity index (χ0n) is 12.8. The Bertz CT molecular complexity index is 391. The maximum Gasteiger partial charge on any atom is 0.323 e. The van der Waals surface area contributed by atoms with Gasteiger partial charge in [-0.25, -0.2) is 0 Å². The second kappa shape index (κ2) is 9.63. The van der Waals surface area contributed by atoms with Crippen molar-refractivity contribution in [3.63, 3.8) is 0 Å². The van der Waals surface area contributed by atoms with Gasteiger partial charge in [0.25, 0.3) is 0 Å². The van der Waals surface area contributed by atoms with E-state index in [9.17, 15) is 0 Å². The molecule has 0 bridgehead atoms. The van der Waals surface area contributed by atoms with Crippen molar-refractivity contribution in [3.05, 3.63) is 0 Å². The maximum absolute atomic E-state index is 5.51. The topological polar surface area (TPSA) is 72.0 Å². The number of hydrogen-bond acceptors (Lipinski definition) is 7. The number of hydrogen-bond donors (Lipinski definition) is 2. The maximum atomic E-state index is 5.51. The van der Waals surface area contributed by atoms with Gasteiger partial charge in [-0.3, -0.25) is 0 Å². The van der Waals surface area contributed by atoms with Crippen molar-refractivity contribution >= 4 is 23.7 Å². The predicted molar refractivity (Wildman–Crippen MR) is 85.9 cm³/mol. The highest BCUT2D eigenvalue weighted by molar-refractivity contribution is 7.98. The van der Waals surface area contributed by atoms with E-state index in [0.29, 0.717) is 30.6 Å². The largest absolute Gasteiger partial charge is 0.463 e. The molecule has 20 heavy (non-hydrogen) atoms. The molecule has 0 aromatic carbocycles. The Balaban J connectivity index is 2.83. The van der Waals surface area contributed by atoms with Gasteiger partial charge in [-0.05, 0) is 26.0 Å². The van der Waals surface area contributed by atoms with Crippen molar-refractivity contribution in [2.45, 2.75) is 39.7 Å². The first-order valence-electron chi connectivity index (χ1n) is 7.11. The lowest BCUT2D eigenvalue weighted by molar-refractivity contribution is 0.292. The van der Waals surface area contributed by atoms with Gasteiger partial charge in [0, 0.05) is 18.3 Å². The molecule has 0 saturated heterocycles. The Hall–Kier alpha value is -1.24. The van der Waals surface area contributed by atoms with Gasteiger partial charge in [0.15, 0.2) is 0 Å². The van der Waals surface area contributed by atoms with Crippen LogP contribution in [0.2, 0.25) is 0 Å². The number of rotatable bonds is 10. The normalized spacial score (nSPS) is 12.0.